The van der Waals surface area contributed by atoms with Crippen LogP contribution < -0.4 is 0 Å². The number of amides is 1. The predicted molar refractivity (Wildman–Crippen MR) is 84.2 cm³/mol. The molecule has 0 spiro atoms. The van der Waals surface area contributed by atoms with Gasteiger partial charge in [0.15, 0.2) is 0 Å². The monoisotopic (exact) mass is 301 g/mol. The number of carbonyl (C=O) groups excluding carboxylic acids is 1. The molecule has 1 aromatic rings. The zero-order valence-electron chi connectivity index (χ0n) is 13.7. The van der Waals surface area contributed by atoms with Crippen LogP contribution in [0, 0.1) is 6.92 Å². The molecule has 2 aliphatic heterocycles. The fourth-order valence-electron chi connectivity index (χ4n) is 3.20. The van der Waals surface area contributed by atoms with E-state index in [2.05, 4.69) is 16.0 Å². The van der Waals surface area contributed by atoms with Gasteiger partial charge in [0.05, 0.1) is 6.04 Å². The van der Waals surface area contributed by atoms with Gasteiger partial charge >= 0.3 is 6.09 Å². The van der Waals surface area contributed by atoms with Crippen LogP contribution in [0.1, 0.15) is 51.4 Å². The summed E-state index contributed by atoms with van der Waals surface area (Å²) in [6.45, 7) is 7.60. The Labute approximate surface area is 131 Å². The lowest BCUT2D eigenvalue weighted by Crippen LogP contribution is -2.45. The van der Waals surface area contributed by atoms with Gasteiger partial charge in [0.25, 0.3) is 0 Å². The highest BCUT2D eigenvalue weighted by atomic mass is 16.6. The number of rotatable bonds is 1. The molecule has 0 aromatic carbocycles. The van der Waals surface area contributed by atoms with Gasteiger partial charge in [0.1, 0.15) is 11.4 Å². The third-order valence-corrected chi connectivity index (χ3v) is 4.15. The third-order valence-electron chi connectivity index (χ3n) is 4.15. The Hall–Kier alpha value is -1.91. The number of carbonyl (C=O) groups is 1. The Balaban J connectivity index is 1.80. The van der Waals surface area contributed by atoms with Crippen LogP contribution in [0.4, 0.5) is 4.79 Å². The van der Waals surface area contributed by atoms with Gasteiger partial charge < -0.3 is 4.74 Å². The van der Waals surface area contributed by atoms with Crippen molar-refractivity contribution < 1.29 is 9.53 Å². The molecule has 3 rings (SSSR count). The second kappa shape index (κ2) is 5.38. The number of aromatic nitrogens is 2. The van der Waals surface area contributed by atoms with Crippen LogP contribution in [-0.4, -0.2) is 38.6 Å². The number of hydrogen-bond donors (Lipinski definition) is 0. The Morgan fingerprint density at radius 2 is 1.95 bits per heavy atom. The molecule has 1 amide bonds. The van der Waals surface area contributed by atoms with Crippen molar-refractivity contribution in [3.8, 4) is 0 Å². The van der Waals surface area contributed by atoms with Crippen molar-refractivity contribution in [1.29, 1.82) is 0 Å². The van der Waals surface area contributed by atoms with Gasteiger partial charge in [-0.3, -0.25) is 4.90 Å². The maximum Gasteiger partial charge on any atom is 0.411 e. The molecule has 1 saturated heterocycles. The van der Waals surface area contributed by atoms with E-state index in [4.69, 9.17) is 4.74 Å². The smallest absolute Gasteiger partial charge is 0.411 e. The van der Waals surface area contributed by atoms with E-state index in [1.807, 2.05) is 45.0 Å². The number of hydrogen-bond acceptors (Lipinski definition) is 4. The minimum absolute atomic E-state index is 0.130. The van der Waals surface area contributed by atoms with Crippen molar-refractivity contribution in [3.63, 3.8) is 0 Å². The molecule has 5 nitrogen and oxygen atoms in total. The van der Waals surface area contributed by atoms with Crippen LogP contribution in [0.25, 0.3) is 5.57 Å². The van der Waals surface area contributed by atoms with Crippen molar-refractivity contribution >= 4 is 11.7 Å². The highest BCUT2D eigenvalue weighted by molar-refractivity contribution is 5.74. The van der Waals surface area contributed by atoms with E-state index in [0.717, 1.165) is 30.7 Å². The number of ether oxygens (including phenoxy) is 1. The number of nitrogens with zero attached hydrogens (tertiary/aromatic N) is 3. The first kappa shape index (κ1) is 15.0. The second-order valence-corrected chi connectivity index (χ2v) is 7.10. The molecule has 2 unspecified atom stereocenters. The van der Waals surface area contributed by atoms with E-state index in [1.54, 1.807) is 0 Å². The molecule has 5 heteroatoms. The van der Waals surface area contributed by atoms with Crippen molar-refractivity contribution in [2.45, 2.75) is 64.6 Å². The van der Waals surface area contributed by atoms with Gasteiger partial charge in [-0.2, -0.15) is 0 Å². The summed E-state index contributed by atoms with van der Waals surface area (Å²) in [6, 6.07) is 0.353. The van der Waals surface area contributed by atoms with Gasteiger partial charge in [0.2, 0.25) is 0 Å². The van der Waals surface area contributed by atoms with Gasteiger partial charge in [0, 0.05) is 24.0 Å². The molecule has 0 radical (unpaired) electrons. The minimum atomic E-state index is -0.453. The van der Waals surface area contributed by atoms with Crippen LogP contribution in [0.3, 0.4) is 0 Å². The van der Waals surface area contributed by atoms with Crippen molar-refractivity contribution in [2.24, 2.45) is 0 Å². The number of aryl methyl sites for hydroxylation is 1. The van der Waals surface area contributed by atoms with E-state index in [1.165, 1.54) is 5.57 Å². The molecular weight excluding hydrogens is 278 g/mol. The molecule has 2 bridgehead atoms. The predicted octanol–water partition coefficient (Wildman–Crippen LogP) is 3.34. The summed E-state index contributed by atoms with van der Waals surface area (Å²) in [5.41, 5.74) is 1.85. The van der Waals surface area contributed by atoms with Gasteiger partial charge in [-0.25, -0.2) is 14.8 Å². The SMILES string of the molecule is Cc1ncc(C2=CC3CCC(C2)N3C(=O)OC(C)(C)C)cn1. The quantitative estimate of drug-likeness (QED) is 0.798. The summed E-state index contributed by atoms with van der Waals surface area (Å²) in [7, 11) is 0. The van der Waals surface area contributed by atoms with E-state index < -0.39 is 5.60 Å². The Bertz CT molecular complexity index is 601. The zero-order valence-corrected chi connectivity index (χ0v) is 13.7. The third kappa shape index (κ3) is 2.98. The van der Waals surface area contributed by atoms with E-state index in [-0.39, 0.29) is 18.2 Å². The summed E-state index contributed by atoms with van der Waals surface area (Å²) >= 11 is 0. The molecule has 0 saturated carbocycles. The van der Waals surface area contributed by atoms with Crippen LogP contribution in [0.2, 0.25) is 0 Å². The summed E-state index contributed by atoms with van der Waals surface area (Å²) in [4.78, 5) is 22.9. The van der Waals surface area contributed by atoms with Crippen LogP contribution in [0.15, 0.2) is 18.5 Å². The molecule has 0 N–H and O–H groups in total. The molecule has 1 fully saturated rings. The van der Waals surface area contributed by atoms with Crippen LogP contribution >= 0.6 is 0 Å². The number of fused-ring (bicyclic) bond motifs is 2. The molecule has 118 valence electrons. The Morgan fingerprint density at radius 1 is 1.27 bits per heavy atom. The zero-order chi connectivity index (χ0) is 15.9. The average Bonchev–Trinajstić information content (AvgIpc) is 2.69. The first-order valence-electron chi connectivity index (χ1n) is 7.84. The summed E-state index contributed by atoms with van der Waals surface area (Å²) in [6.07, 6.45) is 8.60. The van der Waals surface area contributed by atoms with Gasteiger partial charge in [-0.1, -0.05) is 6.08 Å². The molecular formula is C17H23N3O2. The molecule has 22 heavy (non-hydrogen) atoms. The highest BCUT2D eigenvalue weighted by Crippen LogP contribution is 2.39. The molecule has 1 aromatic heterocycles. The lowest BCUT2D eigenvalue weighted by atomic mass is 9.97. The largest absolute Gasteiger partial charge is 0.444 e. The van der Waals surface area contributed by atoms with E-state index in [9.17, 15) is 4.79 Å². The molecule has 2 aliphatic rings. The van der Waals surface area contributed by atoms with Crippen LogP contribution in [0.5, 0.6) is 0 Å². The van der Waals surface area contributed by atoms with E-state index >= 15 is 0 Å². The Morgan fingerprint density at radius 3 is 2.55 bits per heavy atom. The standard InChI is InChI=1S/C17H23N3O2/c1-11-18-9-13(10-19-11)12-7-14-5-6-15(8-12)20(14)16(21)22-17(2,3)4/h7,9-10,14-15H,5-6,8H2,1-4H3. The normalized spacial score (nSPS) is 24.2. The maximum atomic E-state index is 12.4. The fourth-order valence-corrected chi connectivity index (χ4v) is 3.20. The molecule has 3 heterocycles. The lowest BCUT2D eigenvalue weighted by Gasteiger charge is -2.35. The molecule has 0 aliphatic carbocycles. The first-order chi connectivity index (χ1) is 10.3. The average molecular weight is 301 g/mol. The molecule has 2 atom stereocenters. The minimum Gasteiger partial charge on any atom is -0.444 e. The lowest BCUT2D eigenvalue weighted by molar-refractivity contribution is 0.0175. The first-order valence-corrected chi connectivity index (χ1v) is 7.84. The highest BCUT2D eigenvalue weighted by Gasteiger charge is 2.41. The van der Waals surface area contributed by atoms with Crippen molar-refractivity contribution in [3.05, 3.63) is 29.9 Å². The van der Waals surface area contributed by atoms with Crippen LogP contribution in [-0.2, 0) is 4.74 Å². The van der Waals surface area contributed by atoms with Crippen molar-refractivity contribution in [2.75, 3.05) is 0 Å². The Kier molecular flexibility index (Phi) is 3.67. The van der Waals surface area contributed by atoms with Gasteiger partial charge in [-0.05, 0) is 52.5 Å². The fraction of sp³-hybridized carbons (Fsp3) is 0.588. The van der Waals surface area contributed by atoms with E-state index in [0.29, 0.717) is 0 Å². The van der Waals surface area contributed by atoms with Crippen molar-refractivity contribution in [1.82, 2.24) is 14.9 Å². The summed E-state index contributed by atoms with van der Waals surface area (Å²) in [5.74, 6) is 0.776. The topological polar surface area (TPSA) is 55.3 Å². The second-order valence-electron chi connectivity index (χ2n) is 7.10. The summed E-state index contributed by atoms with van der Waals surface area (Å²) < 4.78 is 5.55. The van der Waals surface area contributed by atoms with Gasteiger partial charge in [-0.15, -0.1) is 0 Å². The summed E-state index contributed by atoms with van der Waals surface area (Å²) in [5, 5.41) is 0. The maximum absolute atomic E-state index is 12.4.